The van der Waals surface area contributed by atoms with Gasteiger partial charge in [0.25, 0.3) is 17.7 Å². The van der Waals surface area contributed by atoms with Gasteiger partial charge in [0.15, 0.2) is 0 Å². The van der Waals surface area contributed by atoms with Gasteiger partial charge in [-0.2, -0.15) is 0 Å². The molecule has 7 nitrogen and oxygen atoms in total. The first-order chi connectivity index (χ1) is 12.0. The van der Waals surface area contributed by atoms with Crippen molar-refractivity contribution in [2.24, 2.45) is 11.6 Å². The average molecular weight is 340 g/mol. The number of benzene rings is 2. The number of hydrazine groups is 1. The summed E-state index contributed by atoms with van der Waals surface area (Å²) in [4.78, 5) is 36.0. The highest BCUT2D eigenvalue weighted by Gasteiger charge is 2.24. The fourth-order valence-electron chi connectivity index (χ4n) is 2.19. The van der Waals surface area contributed by atoms with Crippen LogP contribution in [-0.4, -0.2) is 35.3 Å². The van der Waals surface area contributed by atoms with Crippen LogP contribution in [0.4, 0.5) is 0 Å². The quantitative estimate of drug-likeness (QED) is 0.395. The summed E-state index contributed by atoms with van der Waals surface area (Å²) in [6.07, 6.45) is 0.261. The van der Waals surface area contributed by atoms with E-state index in [1.54, 1.807) is 30.3 Å². The number of rotatable bonds is 6. The molecule has 1 unspecified atom stereocenters. The fraction of sp³-hybridized carbons (Fsp3) is 0.167. The van der Waals surface area contributed by atoms with E-state index in [2.05, 4.69) is 5.32 Å². The number of hydrogen-bond donors (Lipinski definition) is 3. The van der Waals surface area contributed by atoms with E-state index >= 15 is 0 Å². The number of carbonyl (C=O) groups is 3. The Kier molecular flexibility index (Phi) is 6.39. The molecule has 0 heterocycles. The van der Waals surface area contributed by atoms with Crippen LogP contribution in [0.2, 0.25) is 0 Å². The first-order valence-corrected chi connectivity index (χ1v) is 7.73. The standard InChI is InChI=1S/C18H20N4O3/c19-15(11-13-7-3-1-4-8-13)18(25)22(20)16(23)12-21-17(24)14-9-5-2-6-10-14/h1-10,15H,11-12,19-20H2,(H,21,24). The van der Waals surface area contributed by atoms with Crippen LogP contribution in [0, 0.1) is 0 Å². The van der Waals surface area contributed by atoms with Crippen molar-refractivity contribution >= 4 is 17.7 Å². The molecule has 25 heavy (non-hydrogen) atoms. The highest BCUT2D eigenvalue weighted by molar-refractivity contribution is 6.01. The third kappa shape index (κ3) is 5.23. The third-order valence-electron chi connectivity index (χ3n) is 3.56. The second-order valence-electron chi connectivity index (χ2n) is 5.45. The van der Waals surface area contributed by atoms with E-state index in [0.717, 1.165) is 5.56 Å². The Morgan fingerprint density at radius 3 is 2.12 bits per heavy atom. The maximum absolute atomic E-state index is 12.1. The summed E-state index contributed by atoms with van der Waals surface area (Å²) in [5.41, 5.74) is 7.10. The number of amides is 3. The van der Waals surface area contributed by atoms with Gasteiger partial charge in [0.2, 0.25) is 0 Å². The summed E-state index contributed by atoms with van der Waals surface area (Å²) >= 11 is 0. The number of nitrogens with one attached hydrogen (secondary N) is 1. The van der Waals surface area contributed by atoms with Crippen LogP contribution in [0.25, 0.3) is 0 Å². The minimum atomic E-state index is -0.943. The van der Waals surface area contributed by atoms with Crippen molar-refractivity contribution < 1.29 is 14.4 Å². The maximum Gasteiger partial charge on any atom is 0.262 e. The summed E-state index contributed by atoms with van der Waals surface area (Å²) < 4.78 is 0. The predicted molar refractivity (Wildman–Crippen MR) is 92.9 cm³/mol. The van der Waals surface area contributed by atoms with Gasteiger partial charge in [-0.25, -0.2) is 10.9 Å². The topological polar surface area (TPSA) is 119 Å². The lowest BCUT2D eigenvalue weighted by Crippen LogP contribution is -2.54. The lowest BCUT2D eigenvalue weighted by molar-refractivity contribution is -0.145. The molecule has 0 aromatic heterocycles. The van der Waals surface area contributed by atoms with Gasteiger partial charge in [0.05, 0.1) is 12.6 Å². The van der Waals surface area contributed by atoms with Crippen molar-refractivity contribution in [3.05, 3.63) is 71.8 Å². The van der Waals surface area contributed by atoms with E-state index in [4.69, 9.17) is 11.6 Å². The molecule has 2 aromatic carbocycles. The molecule has 0 aliphatic carbocycles. The van der Waals surface area contributed by atoms with E-state index in [1.807, 2.05) is 30.3 Å². The monoisotopic (exact) mass is 340 g/mol. The Labute approximate surface area is 145 Å². The van der Waals surface area contributed by atoms with Crippen LogP contribution >= 0.6 is 0 Å². The largest absolute Gasteiger partial charge is 0.343 e. The fourth-order valence-corrected chi connectivity index (χ4v) is 2.19. The molecule has 0 fully saturated rings. The van der Waals surface area contributed by atoms with Crippen LogP contribution in [0.15, 0.2) is 60.7 Å². The summed E-state index contributed by atoms with van der Waals surface area (Å²) in [6.45, 7) is -0.395. The first-order valence-electron chi connectivity index (χ1n) is 7.73. The van der Waals surface area contributed by atoms with Gasteiger partial charge in [-0.05, 0) is 24.1 Å². The molecular formula is C18H20N4O3. The zero-order chi connectivity index (χ0) is 18.2. The molecule has 1 atom stereocenters. The van der Waals surface area contributed by atoms with Crippen molar-refractivity contribution in [2.45, 2.75) is 12.5 Å². The van der Waals surface area contributed by atoms with Crippen LogP contribution in [0.3, 0.4) is 0 Å². The molecule has 0 saturated heterocycles. The molecule has 5 N–H and O–H groups in total. The third-order valence-corrected chi connectivity index (χ3v) is 3.56. The Morgan fingerprint density at radius 1 is 0.960 bits per heavy atom. The molecule has 3 amide bonds. The van der Waals surface area contributed by atoms with Gasteiger partial charge in [-0.15, -0.1) is 0 Å². The van der Waals surface area contributed by atoms with E-state index < -0.39 is 30.3 Å². The Bertz CT molecular complexity index is 735. The van der Waals surface area contributed by atoms with Crippen molar-refractivity contribution in [3.8, 4) is 0 Å². The number of nitrogens with two attached hydrogens (primary N) is 2. The van der Waals surface area contributed by atoms with E-state index in [9.17, 15) is 14.4 Å². The van der Waals surface area contributed by atoms with Crippen molar-refractivity contribution in [2.75, 3.05) is 6.54 Å². The summed E-state index contributed by atoms with van der Waals surface area (Å²) in [5.74, 6) is 3.67. The van der Waals surface area contributed by atoms with Gasteiger partial charge in [-0.3, -0.25) is 14.4 Å². The Morgan fingerprint density at radius 2 is 1.52 bits per heavy atom. The number of imide groups is 1. The second kappa shape index (κ2) is 8.72. The van der Waals surface area contributed by atoms with Gasteiger partial charge in [0, 0.05) is 5.56 Å². The highest BCUT2D eigenvalue weighted by atomic mass is 16.2. The zero-order valence-electron chi connectivity index (χ0n) is 13.6. The zero-order valence-corrected chi connectivity index (χ0v) is 13.6. The van der Waals surface area contributed by atoms with Gasteiger partial charge >= 0.3 is 0 Å². The molecule has 2 rings (SSSR count). The molecule has 0 aliphatic rings. The molecule has 0 spiro atoms. The molecule has 0 bridgehead atoms. The van der Waals surface area contributed by atoms with Gasteiger partial charge < -0.3 is 11.1 Å². The van der Waals surface area contributed by atoms with Crippen molar-refractivity contribution in [1.82, 2.24) is 10.3 Å². The molecule has 2 aromatic rings. The van der Waals surface area contributed by atoms with Crippen LogP contribution in [0.1, 0.15) is 15.9 Å². The van der Waals surface area contributed by atoms with Gasteiger partial charge in [-0.1, -0.05) is 48.5 Å². The van der Waals surface area contributed by atoms with Crippen LogP contribution in [0.5, 0.6) is 0 Å². The number of hydrogen-bond acceptors (Lipinski definition) is 5. The van der Waals surface area contributed by atoms with Crippen LogP contribution < -0.4 is 16.9 Å². The first kappa shape index (κ1) is 18.3. The maximum atomic E-state index is 12.1. The highest BCUT2D eigenvalue weighted by Crippen LogP contribution is 2.03. The molecular weight excluding hydrogens is 320 g/mol. The second-order valence-corrected chi connectivity index (χ2v) is 5.45. The van der Waals surface area contributed by atoms with E-state index in [-0.39, 0.29) is 6.42 Å². The van der Waals surface area contributed by atoms with Crippen molar-refractivity contribution in [3.63, 3.8) is 0 Å². The van der Waals surface area contributed by atoms with E-state index in [1.165, 1.54) is 0 Å². The molecule has 0 aliphatic heterocycles. The lowest BCUT2D eigenvalue weighted by atomic mass is 10.1. The van der Waals surface area contributed by atoms with Crippen molar-refractivity contribution in [1.29, 1.82) is 0 Å². The SMILES string of the molecule is NC(Cc1ccccc1)C(=O)N(N)C(=O)CNC(=O)c1ccccc1. The van der Waals surface area contributed by atoms with Crippen LogP contribution in [-0.2, 0) is 16.0 Å². The smallest absolute Gasteiger partial charge is 0.262 e. The average Bonchev–Trinajstić information content (AvgIpc) is 2.66. The predicted octanol–water partition coefficient (Wildman–Crippen LogP) is 0.215. The minimum absolute atomic E-state index is 0.261. The van der Waals surface area contributed by atoms with Gasteiger partial charge in [0.1, 0.15) is 0 Å². The molecule has 130 valence electrons. The number of carbonyl (C=O) groups excluding carboxylic acids is 3. The Hall–Kier alpha value is -3.03. The molecule has 0 radical (unpaired) electrons. The lowest BCUT2D eigenvalue weighted by Gasteiger charge is -2.19. The summed E-state index contributed by atoms with van der Waals surface area (Å²) in [7, 11) is 0. The normalized spacial score (nSPS) is 11.4. The molecule has 0 saturated carbocycles. The van der Waals surface area contributed by atoms with E-state index in [0.29, 0.717) is 10.6 Å². The summed E-state index contributed by atoms with van der Waals surface area (Å²) in [6, 6.07) is 16.6. The Balaban J connectivity index is 1.86. The molecule has 7 heteroatoms. The minimum Gasteiger partial charge on any atom is -0.343 e. The summed E-state index contributed by atoms with van der Waals surface area (Å²) in [5, 5.41) is 2.88. The number of nitrogens with zero attached hydrogens (tertiary/aromatic N) is 1.